The molecule has 4 saturated carbocycles. The number of ether oxygens (including phenoxy) is 1. The van der Waals surface area contributed by atoms with Crippen LogP contribution in [0.4, 0.5) is 35.0 Å². The molecule has 4 bridgehead atoms. The number of nitrogens with one attached hydrogen (secondary N) is 5. The van der Waals surface area contributed by atoms with Crippen molar-refractivity contribution in [3.05, 3.63) is 70.7 Å². The second-order valence-electron chi connectivity index (χ2n) is 17.5. The lowest BCUT2D eigenvalue weighted by atomic mass is 9.48. The zero-order valence-corrected chi connectivity index (χ0v) is 34.1. The molecule has 3 aliphatic heterocycles. The first-order valence-corrected chi connectivity index (χ1v) is 21.1. The number of piperidine rings is 1. The Bertz CT molecular complexity index is 2400. The largest absolute Gasteiger partial charge is 0.573 e. The summed E-state index contributed by atoms with van der Waals surface area (Å²) < 4.78 is 58.5. The highest BCUT2D eigenvalue weighted by Crippen LogP contribution is 2.60. The van der Waals surface area contributed by atoms with Crippen LogP contribution in [0.2, 0.25) is 0 Å². The van der Waals surface area contributed by atoms with Gasteiger partial charge in [0.15, 0.2) is 0 Å². The molecular formula is C43H45F4N11O5. The highest BCUT2D eigenvalue weighted by molar-refractivity contribution is 6.24. The fourth-order valence-corrected chi connectivity index (χ4v) is 11.0. The SMILES string of the molecule is N#Cc1cnc(NCc2ccccc2OC(F)(F)F)nc1NCC12CC3CC(C1)C(NCC(=O)N1CCN(c4cc5c(cc4F)C(=O)N(C4CCC(=O)NC4=O)C5=N)CC1)C(C3)C2. The van der Waals surface area contributed by atoms with Gasteiger partial charge in [-0.25, -0.2) is 9.37 Å². The monoisotopic (exact) mass is 871 g/mol. The van der Waals surface area contributed by atoms with Gasteiger partial charge < -0.3 is 30.5 Å². The number of anilines is 3. The summed E-state index contributed by atoms with van der Waals surface area (Å²) in [5.74, 6) is -1.25. The van der Waals surface area contributed by atoms with Gasteiger partial charge in [0.2, 0.25) is 23.7 Å². The number of nitriles is 1. The molecule has 3 aromatic rings. The van der Waals surface area contributed by atoms with Gasteiger partial charge in [0.1, 0.15) is 40.9 Å². The molecule has 4 heterocycles. The Kier molecular flexibility index (Phi) is 10.9. The molecule has 63 heavy (non-hydrogen) atoms. The van der Waals surface area contributed by atoms with Crippen molar-refractivity contribution in [3.8, 4) is 11.8 Å². The highest BCUT2D eigenvalue weighted by atomic mass is 19.4. The molecule has 0 spiro atoms. The Hall–Kier alpha value is -6.36. The molecule has 3 unspecified atom stereocenters. The molecule has 0 radical (unpaired) electrons. The molecule has 330 valence electrons. The van der Waals surface area contributed by atoms with E-state index in [0.717, 1.165) is 43.1 Å². The number of halogens is 4. The summed E-state index contributed by atoms with van der Waals surface area (Å²) in [7, 11) is 0. The first-order chi connectivity index (χ1) is 30.2. The van der Waals surface area contributed by atoms with Crippen LogP contribution < -0.4 is 30.9 Å². The van der Waals surface area contributed by atoms with Gasteiger partial charge in [-0.1, -0.05) is 18.2 Å². The number of fused-ring (bicyclic) bond motifs is 1. The number of carbonyl (C=O) groups excluding carboxylic acids is 4. The maximum absolute atomic E-state index is 15.5. The van der Waals surface area contributed by atoms with E-state index in [9.17, 15) is 37.6 Å². The lowest BCUT2D eigenvalue weighted by Crippen LogP contribution is -2.61. The number of nitrogens with zero attached hydrogens (tertiary/aromatic N) is 6. The van der Waals surface area contributed by atoms with Crippen molar-refractivity contribution in [2.24, 2.45) is 23.2 Å². The normalized spacial score (nSPS) is 26.4. The van der Waals surface area contributed by atoms with Crippen molar-refractivity contribution in [2.45, 2.75) is 69.9 Å². The Morgan fingerprint density at radius 1 is 1.03 bits per heavy atom. The van der Waals surface area contributed by atoms with Crippen LogP contribution in [0.5, 0.6) is 5.75 Å². The number of piperazine rings is 1. The Labute approximate surface area is 359 Å². The number of hydrogen-bond acceptors (Lipinski definition) is 13. The van der Waals surface area contributed by atoms with E-state index < -0.39 is 35.9 Å². The van der Waals surface area contributed by atoms with Crippen LogP contribution in [0.15, 0.2) is 42.6 Å². The van der Waals surface area contributed by atoms with Gasteiger partial charge in [-0.15, -0.1) is 13.2 Å². The maximum Gasteiger partial charge on any atom is 0.573 e. The quantitative estimate of drug-likeness (QED) is 0.129. The van der Waals surface area contributed by atoms with Crippen molar-refractivity contribution in [2.75, 3.05) is 54.8 Å². The molecule has 1 aromatic heterocycles. The van der Waals surface area contributed by atoms with Gasteiger partial charge in [0.05, 0.1) is 24.0 Å². The van der Waals surface area contributed by atoms with Crippen molar-refractivity contribution in [1.29, 1.82) is 10.7 Å². The van der Waals surface area contributed by atoms with E-state index >= 15 is 4.39 Å². The van der Waals surface area contributed by atoms with Crippen LogP contribution in [0.1, 0.15) is 72.0 Å². The number of aromatic nitrogens is 2. The second kappa shape index (κ2) is 16.4. The number of rotatable bonds is 12. The van der Waals surface area contributed by atoms with E-state index in [-0.39, 0.29) is 88.8 Å². The Morgan fingerprint density at radius 3 is 2.49 bits per heavy atom. The van der Waals surface area contributed by atoms with Crippen LogP contribution in [0, 0.1) is 45.7 Å². The standard InChI is InChI=1S/C43H45F4N11O5/c44-30-13-29-28(37(49)58(40(29)62)31-5-6-34(59)54-39(31)61)14-32(30)56-7-9-57(10-8-56)35(60)21-50-36-25-11-23-12-26(36)17-42(15-23,16-25)22-53-38-27(18-48)20-52-41(55-38)51-19-24-3-1-2-4-33(24)63-43(45,46)47/h1-4,13-14,20,23,25-26,31,36,49-50H,5-12,15-17,19,21-22H2,(H,54,59,61)(H2,51,52,53,55). The second-order valence-corrected chi connectivity index (χ2v) is 17.5. The maximum atomic E-state index is 15.5. The van der Waals surface area contributed by atoms with Crippen LogP contribution in [-0.4, -0.2) is 107 Å². The number of amidine groups is 1. The summed E-state index contributed by atoms with van der Waals surface area (Å²) >= 11 is 0. The summed E-state index contributed by atoms with van der Waals surface area (Å²) in [5.41, 5.74) is 0.880. The van der Waals surface area contributed by atoms with E-state index in [4.69, 9.17) is 5.41 Å². The van der Waals surface area contributed by atoms with E-state index in [1.165, 1.54) is 30.5 Å². The predicted molar refractivity (Wildman–Crippen MR) is 218 cm³/mol. The third kappa shape index (κ3) is 8.33. The van der Waals surface area contributed by atoms with Gasteiger partial charge in [-0.2, -0.15) is 10.2 Å². The first kappa shape index (κ1) is 42.0. The minimum Gasteiger partial charge on any atom is -0.405 e. The first-order valence-electron chi connectivity index (χ1n) is 21.1. The predicted octanol–water partition coefficient (Wildman–Crippen LogP) is 4.13. The summed E-state index contributed by atoms with van der Waals surface area (Å²) in [5, 5.41) is 30.7. The summed E-state index contributed by atoms with van der Waals surface area (Å²) in [6, 6.07) is 9.61. The van der Waals surface area contributed by atoms with Gasteiger partial charge in [0, 0.05) is 62.9 Å². The summed E-state index contributed by atoms with van der Waals surface area (Å²) in [6.45, 7) is 2.11. The van der Waals surface area contributed by atoms with E-state index in [1.54, 1.807) is 15.9 Å². The fourth-order valence-electron chi connectivity index (χ4n) is 11.0. The lowest BCUT2D eigenvalue weighted by Gasteiger charge is -2.60. The number of amides is 4. The van der Waals surface area contributed by atoms with Gasteiger partial charge in [0.25, 0.3) is 5.91 Å². The van der Waals surface area contributed by atoms with Crippen LogP contribution in [0.25, 0.3) is 0 Å². The highest BCUT2D eigenvalue weighted by Gasteiger charge is 2.55. The number of carbonyl (C=O) groups is 4. The molecule has 7 aliphatic rings. The van der Waals surface area contributed by atoms with Gasteiger partial charge in [-0.3, -0.25) is 34.8 Å². The van der Waals surface area contributed by atoms with Crippen LogP contribution in [-0.2, 0) is 20.9 Å². The Balaban J connectivity index is 0.775. The summed E-state index contributed by atoms with van der Waals surface area (Å²) in [4.78, 5) is 64.2. The molecule has 16 nitrogen and oxygen atoms in total. The minimum atomic E-state index is -4.84. The number of hydrogen-bond donors (Lipinski definition) is 5. The number of imide groups is 1. The number of alkyl halides is 3. The third-order valence-electron chi connectivity index (χ3n) is 13.6. The molecule has 10 rings (SSSR count). The number of benzene rings is 2. The lowest BCUT2D eigenvalue weighted by molar-refractivity contribution is -0.274. The topological polar surface area (TPSA) is 209 Å². The van der Waals surface area contributed by atoms with Crippen molar-refractivity contribution < 1.29 is 41.5 Å². The molecule has 4 aliphatic carbocycles. The number of para-hydroxylation sites is 1. The van der Waals surface area contributed by atoms with E-state index in [1.807, 2.05) is 0 Å². The smallest absolute Gasteiger partial charge is 0.405 e. The van der Waals surface area contributed by atoms with E-state index in [2.05, 4.69) is 42.0 Å². The average molecular weight is 872 g/mol. The fraction of sp³-hybridized carbons (Fsp3) is 0.488. The molecule has 20 heteroatoms. The average Bonchev–Trinajstić information content (AvgIpc) is 3.48. The molecule has 2 saturated heterocycles. The van der Waals surface area contributed by atoms with Crippen molar-refractivity contribution in [1.82, 2.24) is 30.4 Å². The molecular weight excluding hydrogens is 827 g/mol. The van der Waals surface area contributed by atoms with Gasteiger partial charge >= 0.3 is 6.36 Å². The Morgan fingerprint density at radius 2 is 1.78 bits per heavy atom. The third-order valence-corrected chi connectivity index (χ3v) is 13.6. The molecule has 6 fully saturated rings. The van der Waals surface area contributed by atoms with Crippen LogP contribution >= 0.6 is 0 Å². The van der Waals surface area contributed by atoms with Crippen molar-refractivity contribution >= 4 is 46.9 Å². The summed E-state index contributed by atoms with van der Waals surface area (Å²) in [6.07, 6.45) is 1.68. The molecule has 3 atom stereocenters. The zero-order chi connectivity index (χ0) is 44.2. The van der Waals surface area contributed by atoms with Crippen LogP contribution in [0.3, 0.4) is 0 Å². The zero-order valence-electron chi connectivity index (χ0n) is 34.1. The minimum absolute atomic E-state index is 0.0111. The van der Waals surface area contributed by atoms with E-state index in [0.29, 0.717) is 56.3 Å². The van der Waals surface area contributed by atoms with Crippen molar-refractivity contribution in [3.63, 3.8) is 0 Å². The molecule has 4 amide bonds. The molecule has 5 N–H and O–H groups in total. The molecule has 2 aromatic carbocycles. The van der Waals surface area contributed by atoms with Gasteiger partial charge in [-0.05, 0) is 79.9 Å².